The van der Waals surface area contributed by atoms with Crippen molar-refractivity contribution in [2.75, 3.05) is 13.1 Å². The second-order valence-corrected chi connectivity index (χ2v) is 6.24. The van der Waals surface area contributed by atoms with Gasteiger partial charge in [-0.1, -0.05) is 0 Å². The van der Waals surface area contributed by atoms with Gasteiger partial charge in [0, 0.05) is 24.2 Å². The zero-order chi connectivity index (χ0) is 21.9. The van der Waals surface area contributed by atoms with Crippen molar-refractivity contribution in [3.8, 4) is 0 Å². The van der Waals surface area contributed by atoms with Crippen molar-refractivity contribution in [3.63, 3.8) is 0 Å². The molecule has 2 amide bonds. The van der Waals surface area contributed by atoms with E-state index in [1.807, 2.05) is 0 Å². The summed E-state index contributed by atoms with van der Waals surface area (Å²) in [6.07, 6.45) is -7.25. The van der Waals surface area contributed by atoms with Crippen molar-refractivity contribution < 1.29 is 31.5 Å². The molecule has 0 radical (unpaired) electrons. The smallest absolute Gasteiger partial charge is 0.350 e. The third-order valence-electron chi connectivity index (χ3n) is 4.14. The van der Waals surface area contributed by atoms with Gasteiger partial charge >= 0.3 is 6.18 Å². The third kappa shape index (κ3) is 4.91. The van der Waals surface area contributed by atoms with Crippen LogP contribution in [0, 0.1) is 0 Å². The van der Waals surface area contributed by atoms with Gasteiger partial charge in [0.1, 0.15) is 0 Å². The van der Waals surface area contributed by atoms with Gasteiger partial charge in [0.05, 0.1) is 16.6 Å². The number of fused-ring (bicyclic) bond motifs is 1. The van der Waals surface area contributed by atoms with E-state index in [0.29, 0.717) is 5.52 Å². The standard InChI is InChI=1S/C19H15F5N4O2/c20-15(21)16-27-13-6-3-11(9-14(13)28-16)18(30)26-8-7-25-17(29)10-1-4-12(5-2-10)19(22,23)24/h1-6,9,15H,7-8H2,(H,25,29)(H,26,30)(H,27,28). The molecule has 3 aromatic rings. The highest BCUT2D eigenvalue weighted by atomic mass is 19.4. The molecule has 3 rings (SSSR count). The van der Waals surface area contributed by atoms with Crippen molar-refractivity contribution >= 4 is 22.8 Å². The van der Waals surface area contributed by atoms with Crippen LogP contribution in [0.2, 0.25) is 0 Å². The lowest BCUT2D eigenvalue weighted by Crippen LogP contribution is -2.34. The van der Waals surface area contributed by atoms with Gasteiger partial charge in [-0.2, -0.15) is 13.2 Å². The lowest BCUT2D eigenvalue weighted by atomic mass is 10.1. The van der Waals surface area contributed by atoms with Gasteiger partial charge in [0.2, 0.25) is 0 Å². The number of rotatable bonds is 6. The van der Waals surface area contributed by atoms with Gasteiger partial charge < -0.3 is 15.6 Å². The Morgan fingerprint density at radius 2 is 1.50 bits per heavy atom. The number of nitrogens with zero attached hydrogens (tertiary/aromatic N) is 1. The maximum absolute atomic E-state index is 12.7. The molecular weight excluding hydrogens is 411 g/mol. The van der Waals surface area contributed by atoms with Crippen molar-refractivity contribution in [2.24, 2.45) is 0 Å². The number of halogens is 5. The largest absolute Gasteiger partial charge is 0.416 e. The van der Waals surface area contributed by atoms with Crippen molar-refractivity contribution in [1.29, 1.82) is 0 Å². The van der Waals surface area contributed by atoms with Crippen LogP contribution in [-0.4, -0.2) is 34.9 Å². The minimum Gasteiger partial charge on any atom is -0.350 e. The van der Waals surface area contributed by atoms with Crippen molar-refractivity contribution in [1.82, 2.24) is 20.6 Å². The number of imidazole rings is 1. The summed E-state index contributed by atoms with van der Waals surface area (Å²) >= 11 is 0. The normalized spacial score (nSPS) is 11.7. The highest BCUT2D eigenvalue weighted by molar-refractivity contribution is 5.97. The molecule has 1 aromatic heterocycles. The number of carbonyl (C=O) groups excluding carboxylic acids is 2. The fraction of sp³-hybridized carbons (Fsp3) is 0.211. The number of aromatic amines is 1. The maximum Gasteiger partial charge on any atom is 0.416 e. The van der Waals surface area contributed by atoms with E-state index in [1.54, 1.807) is 0 Å². The molecule has 0 aliphatic heterocycles. The summed E-state index contributed by atoms with van der Waals surface area (Å²) < 4.78 is 62.9. The number of carbonyl (C=O) groups is 2. The van der Waals surface area contributed by atoms with Crippen LogP contribution in [-0.2, 0) is 6.18 Å². The SMILES string of the molecule is O=C(NCCNC(=O)c1ccc2nc(C(F)F)[nH]c2c1)c1ccc(C(F)(F)F)cc1. The summed E-state index contributed by atoms with van der Waals surface area (Å²) in [6.45, 7) is 0.0853. The molecule has 0 saturated carbocycles. The van der Waals surface area contributed by atoms with E-state index in [9.17, 15) is 31.5 Å². The van der Waals surface area contributed by atoms with Gasteiger partial charge in [-0.25, -0.2) is 13.8 Å². The summed E-state index contributed by atoms with van der Waals surface area (Å²) in [5, 5.41) is 5.02. The molecular formula is C19H15F5N4O2. The Kier molecular flexibility index (Phi) is 5.99. The van der Waals surface area contributed by atoms with Crippen molar-refractivity contribution in [3.05, 3.63) is 65.0 Å². The second kappa shape index (κ2) is 8.47. The van der Waals surface area contributed by atoms with Crippen LogP contribution in [0.1, 0.15) is 38.5 Å². The first-order valence-electron chi connectivity index (χ1n) is 8.66. The predicted octanol–water partition coefficient (Wildman–Crippen LogP) is 3.68. The van der Waals surface area contributed by atoms with Crippen LogP contribution in [0.3, 0.4) is 0 Å². The summed E-state index contributed by atoms with van der Waals surface area (Å²) in [7, 11) is 0. The number of hydrogen-bond acceptors (Lipinski definition) is 3. The molecule has 158 valence electrons. The van der Waals surface area contributed by atoms with Crippen LogP contribution in [0.4, 0.5) is 22.0 Å². The lowest BCUT2D eigenvalue weighted by Gasteiger charge is -2.09. The van der Waals surface area contributed by atoms with E-state index in [4.69, 9.17) is 0 Å². The van der Waals surface area contributed by atoms with Crippen LogP contribution in [0.25, 0.3) is 11.0 Å². The molecule has 3 N–H and O–H groups in total. The molecule has 0 aliphatic rings. The van der Waals surface area contributed by atoms with Crippen LogP contribution in [0.15, 0.2) is 42.5 Å². The van der Waals surface area contributed by atoms with E-state index in [1.165, 1.54) is 18.2 Å². The molecule has 11 heteroatoms. The maximum atomic E-state index is 12.7. The number of nitrogens with one attached hydrogen (secondary N) is 3. The average molecular weight is 426 g/mol. The van der Waals surface area contributed by atoms with E-state index >= 15 is 0 Å². The number of aromatic nitrogens is 2. The van der Waals surface area contributed by atoms with Gasteiger partial charge in [0.25, 0.3) is 18.2 Å². The lowest BCUT2D eigenvalue weighted by molar-refractivity contribution is -0.137. The molecule has 30 heavy (non-hydrogen) atoms. The zero-order valence-corrected chi connectivity index (χ0v) is 15.2. The molecule has 0 fully saturated rings. The Morgan fingerprint density at radius 3 is 2.07 bits per heavy atom. The molecule has 6 nitrogen and oxygen atoms in total. The number of alkyl halides is 5. The Morgan fingerprint density at radius 1 is 0.933 bits per heavy atom. The molecule has 0 aliphatic carbocycles. The Labute approximate surface area is 166 Å². The third-order valence-corrected chi connectivity index (χ3v) is 4.14. The number of benzene rings is 2. The quantitative estimate of drug-likeness (QED) is 0.415. The average Bonchev–Trinajstić information content (AvgIpc) is 3.14. The molecule has 0 unspecified atom stereocenters. The highest BCUT2D eigenvalue weighted by Crippen LogP contribution is 2.29. The van der Waals surface area contributed by atoms with E-state index < -0.39 is 35.8 Å². The molecule has 0 bridgehead atoms. The van der Waals surface area contributed by atoms with E-state index in [0.717, 1.165) is 24.3 Å². The minimum atomic E-state index is -4.49. The van der Waals surface area contributed by atoms with Crippen LogP contribution in [0.5, 0.6) is 0 Å². The Bertz CT molecular complexity index is 1060. The fourth-order valence-electron chi connectivity index (χ4n) is 2.64. The van der Waals surface area contributed by atoms with Gasteiger partial charge in [-0.15, -0.1) is 0 Å². The first-order chi connectivity index (χ1) is 14.1. The first-order valence-corrected chi connectivity index (χ1v) is 8.66. The van der Waals surface area contributed by atoms with Crippen LogP contribution >= 0.6 is 0 Å². The summed E-state index contributed by atoms with van der Waals surface area (Å²) in [5.41, 5.74) is -0.0182. The van der Waals surface area contributed by atoms with E-state index in [-0.39, 0.29) is 29.7 Å². The topological polar surface area (TPSA) is 86.9 Å². The second-order valence-electron chi connectivity index (χ2n) is 6.24. The number of amides is 2. The monoisotopic (exact) mass is 426 g/mol. The molecule has 1 heterocycles. The number of H-pyrrole nitrogens is 1. The first kappa shape index (κ1) is 21.2. The fourth-order valence-corrected chi connectivity index (χ4v) is 2.64. The van der Waals surface area contributed by atoms with E-state index in [2.05, 4.69) is 20.6 Å². The molecule has 0 spiro atoms. The van der Waals surface area contributed by atoms with Gasteiger partial charge in [-0.05, 0) is 42.5 Å². The molecule has 0 saturated heterocycles. The van der Waals surface area contributed by atoms with Gasteiger partial charge in [-0.3, -0.25) is 9.59 Å². The zero-order valence-electron chi connectivity index (χ0n) is 15.2. The predicted molar refractivity (Wildman–Crippen MR) is 97.2 cm³/mol. The highest BCUT2D eigenvalue weighted by Gasteiger charge is 2.30. The Balaban J connectivity index is 1.50. The summed E-state index contributed by atoms with van der Waals surface area (Å²) in [4.78, 5) is 30.3. The molecule has 2 aromatic carbocycles. The summed E-state index contributed by atoms with van der Waals surface area (Å²) in [5.74, 6) is -1.57. The van der Waals surface area contributed by atoms with Crippen LogP contribution < -0.4 is 10.6 Å². The number of hydrogen-bond donors (Lipinski definition) is 3. The van der Waals surface area contributed by atoms with Crippen molar-refractivity contribution in [2.45, 2.75) is 12.6 Å². The summed E-state index contributed by atoms with van der Waals surface area (Å²) in [6, 6.07) is 7.97. The minimum absolute atomic E-state index is 0.0351. The molecule has 0 atom stereocenters. The Hall–Kier alpha value is -3.50. The van der Waals surface area contributed by atoms with Gasteiger partial charge in [0.15, 0.2) is 5.82 Å².